The van der Waals surface area contributed by atoms with Crippen LogP contribution in [-0.2, 0) is 4.79 Å². The van der Waals surface area contributed by atoms with Gasteiger partial charge in [0.15, 0.2) is 0 Å². The van der Waals surface area contributed by atoms with Crippen molar-refractivity contribution in [3.63, 3.8) is 0 Å². The number of carbonyl (C=O) groups is 1. The van der Waals surface area contributed by atoms with Crippen molar-refractivity contribution >= 4 is 29.3 Å². The van der Waals surface area contributed by atoms with E-state index in [9.17, 15) is 9.90 Å². The summed E-state index contributed by atoms with van der Waals surface area (Å²) in [6.45, 7) is 0. The van der Waals surface area contributed by atoms with Crippen LogP contribution in [0.1, 0.15) is 23.0 Å². The number of halogens is 1. The molecular weight excluding hydrogens is 338 g/mol. The van der Waals surface area contributed by atoms with Crippen molar-refractivity contribution in [3.05, 3.63) is 94.9 Å². The van der Waals surface area contributed by atoms with Gasteiger partial charge in [-0.25, -0.2) is 0 Å². The van der Waals surface area contributed by atoms with Crippen LogP contribution >= 0.6 is 11.6 Å². The molecule has 0 saturated carbocycles. The minimum Gasteiger partial charge on any atom is -0.465 e. The van der Waals surface area contributed by atoms with Gasteiger partial charge in [0.05, 0.1) is 6.26 Å². The lowest BCUT2D eigenvalue weighted by Gasteiger charge is -2.16. The molecule has 0 spiro atoms. The molecule has 1 amide bonds. The van der Waals surface area contributed by atoms with Crippen LogP contribution in [0, 0.1) is 0 Å². The minimum absolute atomic E-state index is 0.333. The van der Waals surface area contributed by atoms with Gasteiger partial charge in [-0.2, -0.15) is 0 Å². The molecule has 0 saturated heterocycles. The Morgan fingerprint density at radius 1 is 1.12 bits per heavy atom. The predicted molar refractivity (Wildman–Crippen MR) is 98.3 cm³/mol. The van der Waals surface area contributed by atoms with Gasteiger partial charge < -0.3 is 14.8 Å². The van der Waals surface area contributed by atoms with E-state index in [4.69, 9.17) is 16.0 Å². The number of hydrogen-bond acceptors (Lipinski definition) is 3. The fourth-order valence-electron chi connectivity index (χ4n) is 2.41. The van der Waals surface area contributed by atoms with Crippen molar-refractivity contribution in [1.29, 1.82) is 0 Å². The second kappa shape index (κ2) is 7.83. The van der Waals surface area contributed by atoms with Crippen LogP contribution in [0.2, 0.25) is 5.02 Å². The second-order valence-corrected chi connectivity index (χ2v) is 5.82. The van der Waals surface area contributed by atoms with E-state index in [1.54, 1.807) is 36.4 Å². The summed E-state index contributed by atoms with van der Waals surface area (Å²) in [7, 11) is 0. The first-order valence-electron chi connectivity index (χ1n) is 7.68. The van der Waals surface area contributed by atoms with Gasteiger partial charge in [-0.3, -0.25) is 4.79 Å². The third-order valence-corrected chi connectivity index (χ3v) is 3.86. The fraction of sp³-hybridized carbons (Fsp3) is 0.0500. The van der Waals surface area contributed by atoms with Crippen LogP contribution < -0.4 is 5.32 Å². The zero-order valence-electron chi connectivity index (χ0n) is 13.2. The van der Waals surface area contributed by atoms with Gasteiger partial charge in [-0.05, 0) is 42.0 Å². The largest absolute Gasteiger partial charge is 0.465 e. The number of nitrogens with one attached hydrogen (secondary N) is 1. The Labute approximate surface area is 150 Å². The topological polar surface area (TPSA) is 62.5 Å². The molecule has 2 aromatic carbocycles. The highest BCUT2D eigenvalue weighted by atomic mass is 35.5. The molecule has 0 bridgehead atoms. The Hall–Kier alpha value is -2.82. The monoisotopic (exact) mass is 353 g/mol. The van der Waals surface area contributed by atoms with Gasteiger partial charge in [-0.15, -0.1) is 0 Å². The molecule has 1 heterocycles. The average molecular weight is 354 g/mol. The van der Waals surface area contributed by atoms with Crippen LogP contribution in [0.4, 0.5) is 5.69 Å². The van der Waals surface area contributed by atoms with Crippen LogP contribution in [-0.4, -0.2) is 11.0 Å². The molecule has 1 atom stereocenters. The summed E-state index contributed by atoms with van der Waals surface area (Å²) >= 11 is 6.06. The summed E-state index contributed by atoms with van der Waals surface area (Å²) in [4.78, 5) is 12.1. The maximum Gasteiger partial charge on any atom is 0.248 e. The molecule has 3 rings (SSSR count). The number of furan rings is 1. The molecular formula is C20H16ClNO3. The van der Waals surface area contributed by atoms with Crippen LogP contribution in [0.3, 0.4) is 0 Å². The zero-order valence-corrected chi connectivity index (χ0v) is 14.0. The standard InChI is InChI=1S/C20H16ClNO3/c21-15-8-10-18(22-19(23)11-9-16-7-4-12-25-16)17(13-15)20(24)14-5-2-1-3-6-14/h1-13,20,24H,(H,22,23)/b11-9+/t20-/m0/s1. The first-order valence-corrected chi connectivity index (χ1v) is 8.06. The van der Waals surface area contributed by atoms with Gasteiger partial charge in [0.1, 0.15) is 11.9 Å². The Bertz CT molecular complexity index is 873. The molecule has 1 aromatic heterocycles. The SMILES string of the molecule is O=C(/C=C/c1ccco1)Nc1ccc(Cl)cc1[C@@H](O)c1ccccc1. The number of rotatable bonds is 5. The van der Waals surface area contributed by atoms with Gasteiger partial charge in [0, 0.05) is 22.3 Å². The Kier molecular flexibility index (Phi) is 5.33. The molecule has 0 unspecified atom stereocenters. The number of carbonyl (C=O) groups excluding carboxylic acids is 1. The third-order valence-electron chi connectivity index (χ3n) is 3.62. The van der Waals surface area contributed by atoms with Crippen LogP contribution in [0.25, 0.3) is 6.08 Å². The van der Waals surface area contributed by atoms with E-state index in [-0.39, 0.29) is 5.91 Å². The molecule has 126 valence electrons. The lowest BCUT2D eigenvalue weighted by molar-refractivity contribution is -0.111. The number of benzene rings is 2. The summed E-state index contributed by atoms with van der Waals surface area (Å²) in [6, 6.07) is 17.6. The Balaban J connectivity index is 1.83. The van der Waals surface area contributed by atoms with Crippen LogP contribution in [0.5, 0.6) is 0 Å². The lowest BCUT2D eigenvalue weighted by atomic mass is 10.00. The molecule has 0 radical (unpaired) electrons. The smallest absolute Gasteiger partial charge is 0.248 e. The number of anilines is 1. The van der Waals surface area contributed by atoms with Gasteiger partial charge in [0.2, 0.25) is 5.91 Å². The minimum atomic E-state index is -0.899. The molecule has 25 heavy (non-hydrogen) atoms. The highest BCUT2D eigenvalue weighted by molar-refractivity contribution is 6.30. The highest BCUT2D eigenvalue weighted by Gasteiger charge is 2.16. The van der Waals surface area contributed by atoms with Gasteiger partial charge in [-0.1, -0.05) is 41.9 Å². The van der Waals surface area contributed by atoms with Crippen molar-refractivity contribution in [2.24, 2.45) is 0 Å². The normalized spacial score (nSPS) is 12.2. The zero-order chi connectivity index (χ0) is 17.6. The highest BCUT2D eigenvalue weighted by Crippen LogP contribution is 2.30. The maximum absolute atomic E-state index is 12.1. The first-order chi connectivity index (χ1) is 12.1. The lowest BCUT2D eigenvalue weighted by Crippen LogP contribution is -2.12. The quantitative estimate of drug-likeness (QED) is 0.655. The maximum atomic E-state index is 12.1. The summed E-state index contributed by atoms with van der Waals surface area (Å²) in [5.74, 6) is 0.246. The van der Waals surface area contributed by atoms with Gasteiger partial charge in [0.25, 0.3) is 0 Å². The summed E-state index contributed by atoms with van der Waals surface area (Å²) in [5.41, 5.74) is 1.74. The van der Waals surface area contributed by atoms with E-state index in [2.05, 4.69) is 5.32 Å². The second-order valence-electron chi connectivity index (χ2n) is 5.38. The number of hydrogen-bond donors (Lipinski definition) is 2. The number of aliphatic hydroxyl groups is 1. The van der Waals surface area contributed by atoms with Gasteiger partial charge >= 0.3 is 0 Å². The van der Waals surface area contributed by atoms with Crippen molar-refractivity contribution in [2.75, 3.05) is 5.32 Å². The molecule has 3 aromatic rings. The molecule has 0 fully saturated rings. The van der Waals surface area contributed by atoms with E-state index in [1.807, 2.05) is 30.3 Å². The molecule has 2 N–H and O–H groups in total. The Morgan fingerprint density at radius 3 is 2.64 bits per heavy atom. The molecule has 0 aliphatic rings. The van der Waals surface area contributed by atoms with E-state index in [0.717, 1.165) is 0 Å². The summed E-state index contributed by atoms with van der Waals surface area (Å²) < 4.78 is 5.15. The van der Waals surface area contributed by atoms with E-state index >= 15 is 0 Å². The number of aliphatic hydroxyl groups excluding tert-OH is 1. The predicted octanol–water partition coefficient (Wildman–Crippen LogP) is 4.67. The Morgan fingerprint density at radius 2 is 1.92 bits per heavy atom. The third kappa shape index (κ3) is 4.38. The fourth-order valence-corrected chi connectivity index (χ4v) is 2.59. The van der Waals surface area contributed by atoms with Crippen molar-refractivity contribution in [2.45, 2.75) is 6.10 Å². The van der Waals surface area contributed by atoms with Crippen molar-refractivity contribution < 1.29 is 14.3 Å². The van der Waals surface area contributed by atoms with Crippen molar-refractivity contribution in [3.8, 4) is 0 Å². The molecule has 4 nitrogen and oxygen atoms in total. The molecule has 5 heteroatoms. The average Bonchev–Trinajstić information content (AvgIpc) is 3.15. The first kappa shape index (κ1) is 17.0. The molecule has 0 aliphatic heterocycles. The van der Waals surface area contributed by atoms with Crippen LogP contribution in [0.15, 0.2) is 77.4 Å². The summed E-state index contributed by atoms with van der Waals surface area (Å²) in [6.07, 6.45) is 3.57. The molecule has 0 aliphatic carbocycles. The van der Waals surface area contributed by atoms with E-state index in [0.29, 0.717) is 27.6 Å². The van der Waals surface area contributed by atoms with E-state index in [1.165, 1.54) is 12.3 Å². The van der Waals surface area contributed by atoms with E-state index < -0.39 is 6.10 Å². The number of amides is 1. The van der Waals surface area contributed by atoms with Crippen molar-refractivity contribution in [1.82, 2.24) is 0 Å². The summed E-state index contributed by atoms with van der Waals surface area (Å²) in [5, 5.41) is 13.9.